The lowest BCUT2D eigenvalue weighted by Gasteiger charge is -2.04. The molecule has 1 heterocycles. The van der Waals surface area contributed by atoms with Gasteiger partial charge in [-0.05, 0) is 6.42 Å². The van der Waals surface area contributed by atoms with Crippen LogP contribution in [0, 0.1) is 0 Å². The maximum Gasteiger partial charge on any atom is 0.303 e. The molecule has 1 rings (SSSR count). The van der Waals surface area contributed by atoms with Crippen LogP contribution < -0.4 is 4.57 Å². The molecule has 1 aromatic rings. The first-order chi connectivity index (χ1) is 10.2. The maximum atomic E-state index is 10.4. The van der Waals surface area contributed by atoms with Gasteiger partial charge in [0.15, 0.2) is 0 Å². The normalized spacial score (nSPS) is 10.9. The van der Waals surface area contributed by atoms with Gasteiger partial charge < -0.3 is 19.3 Å². The average molecular weight is 301 g/mol. The number of nitrogens with zero attached hydrogens (tertiary/aromatic N) is 2. The van der Waals surface area contributed by atoms with Gasteiger partial charge in [-0.15, -0.1) is 0 Å². The predicted molar refractivity (Wildman–Crippen MR) is 75.0 cm³/mol. The second-order valence-corrected chi connectivity index (χ2v) is 4.60. The second kappa shape index (κ2) is 11.2. The molecule has 21 heavy (non-hydrogen) atoms. The molecule has 0 amide bonds. The van der Waals surface area contributed by atoms with Crippen LogP contribution in [0.25, 0.3) is 0 Å². The first kappa shape index (κ1) is 17.6. The van der Waals surface area contributed by atoms with E-state index in [0.29, 0.717) is 46.0 Å². The molecule has 0 bridgehead atoms. The lowest BCUT2D eigenvalue weighted by atomic mass is 10.3. The minimum atomic E-state index is -0.754. The van der Waals surface area contributed by atoms with Crippen molar-refractivity contribution in [1.82, 2.24) is 4.57 Å². The van der Waals surface area contributed by atoms with Crippen LogP contribution in [0.5, 0.6) is 0 Å². The van der Waals surface area contributed by atoms with E-state index >= 15 is 0 Å². The van der Waals surface area contributed by atoms with Crippen molar-refractivity contribution in [2.24, 2.45) is 0 Å². The summed E-state index contributed by atoms with van der Waals surface area (Å²) in [7, 11) is 1.64. The monoisotopic (exact) mass is 301 g/mol. The van der Waals surface area contributed by atoms with E-state index < -0.39 is 5.97 Å². The van der Waals surface area contributed by atoms with Crippen LogP contribution in [0.2, 0.25) is 0 Å². The van der Waals surface area contributed by atoms with Crippen molar-refractivity contribution in [3.05, 3.63) is 18.7 Å². The van der Waals surface area contributed by atoms with Gasteiger partial charge in [0.2, 0.25) is 6.33 Å². The van der Waals surface area contributed by atoms with Gasteiger partial charge in [0.05, 0.1) is 39.6 Å². The Bertz CT molecular complexity index is 394. The fourth-order valence-electron chi connectivity index (χ4n) is 1.75. The number of rotatable bonds is 13. The van der Waals surface area contributed by atoms with Crippen molar-refractivity contribution in [1.29, 1.82) is 0 Å². The Hall–Kier alpha value is -1.44. The van der Waals surface area contributed by atoms with Crippen molar-refractivity contribution in [2.75, 3.05) is 40.1 Å². The van der Waals surface area contributed by atoms with Crippen molar-refractivity contribution in [3.63, 3.8) is 0 Å². The van der Waals surface area contributed by atoms with E-state index in [1.807, 2.05) is 27.9 Å². The summed E-state index contributed by atoms with van der Waals surface area (Å²) in [5.74, 6) is -0.754. The average Bonchev–Trinajstić information content (AvgIpc) is 2.89. The molecular formula is C14H25N2O5+. The number of methoxy groups -OCH3 is 1. The Kier molecular flexibility index (Phi) is 9.43. The molecule has 120 valence electrons. The largest absolute Gasteiger partial charge is 0.481 e. The number of carboxylic acids is 1. The fourth-order valence-corrected chi connectivity index (χ4v) is 1.75. The zero-order valence-electron chi connectivity index (χ0n) is 12.6. The quantitative estimate of drug-likeness (QED) is 0.419. The van der Waals surface area contributed by atoms with Crippen LogP contribution >= 0.6 is 0 Å². The summed E-state index contributed by atoms with van der Waals surface area (Å²) in [6, 6.07) is 0. The van der Waals surface area contributed by atoms with Crippen molar-refractivity contribution < 1.29 is 28.7 Å². The van der Waals surface area contributed by atoms with E-state index in [9.17, 15) is 4.79 Å². The third-order valence-electron chi connectivity index (χ3n) is 2.85. The highest BCUT2D eigenvalue weighted by Gasteiger charge is 2.04. The Morgan fingerprint density at radius 3 is 2.62 bits per heavy atom. The number of hydrogen-bond acceptors (Lipinski definition) is 4. The molecule has 0 spiro atoms. The molecule has 0 atom stereocenters. The summed E-state index contributed by atoms with van der Waals surface area (Å²) in [4.78, 5) is 10.4. The van der Waals surface area contributed by atoms with Gasteiger partial charge in [-0.1, -0.05) is 0 Å². The van der Waals surface area contributed by atoms with Crippen molar-refractivity contribution in [3.8, 4) is 0 Å². The molecule has 1 N–H and O–H groups in total. The van der Waals surface area contributed by atoms with Crippen LogP contribution in [0.4, 0.5) is 0 Å². The molecule has 0 radical (unpaired) electrons. The van der Waals surface area contributed by atoms with Crippen LogP contribution in [0.15, 0.2) is 18.7 Å². The summed E-state index contributed by atoms with van der Waals surface area (Å²) < 4.78 is 19.6. The van der Waals surface area contributed by atoms with Crippen LogP contribution in [0.3, 0.4) is 0 Å². The number of aromatic nitrogens is 2. The molecule has 0 aliphatic heterocycles. The van der Waals surface area contributed by atoms with Crippen LogP contribution in [-0.4, -0.2) is 55.8 Å². The molecule has 0 aromatic carbocycles. The van der Waals surface area contributed by atoms with E-state index in [1.165, 1.54) is 0 Å². The number of hydrogen-bond donors (Lipinski definition) is 1. The second-order valence-electron chi connectivity index (χ2n) is 4.60. The minimum absolute atomic E-state index is 0.199. The smallest absolute Gasteiger partial charge is 0.303 e. The molecule has 7 nitrogen and oxygen atoms in total. The van der Waals surface area contributed by atoms with Crippen molar-refractivity contribution in [2.45, 2.75) is 25.9 Å². The Labute approximate surface area is 125 Å². The summed E-state index contributed by atoms with van der Waals surface area (Å²) in [6.07, 6.45) is 6.69. The zero-order valence-corrected chi connectivity index (χ0v) is 12.6. The van der Waals surface area contributed by atoms with Gasteiger partial charge >= 0.3 is 5.97 Å². The van der Waals surface area contributed by atoms with E-state index in [-0.39, 0.29) is 6.42 Å². The highest BCUT2D eigenvalue weighted by Crippen LogP contribution is 1.91. The number of imidazole rings is 1. The topological polar surface area (TPSA) is 73.8 Å². The fraction of sp³-hybridized carbons (Fsp3) is 0.714. The molecule has 7 heteroatoms. The lowest BCUT2D eigenvalue weighted by Crippen LogP contribution is -2.31. The first-order valence-corrected chi connectivity index (χ1v) is 7.13. The van der Waals surface area contributed by atoms with Crippen molar-refractivity contribution >= 4 is 5.97 Å². The third-order valence-corrected chi connectivity index (χ3v) is 2.85. The molecule has 0 fully saturated rings. The number of aryl methyl sites for hydroxylation is 1. The van der Waals surface area contributed by atoms with E-state index in [1.54, 1.807) is 7.11 Å². The SMILES string of the molecule is COCCOCCOCCn1cc[n+](CCCC(=O)O)c1. The van der Waals surface area contributed by atoms with Gasteiger partial charge in [-0.3, -0.25) is 4.79 Å². The van der Waals surface area contributed by atoms with Gasteiger partial charge in [-0.2, -0.15) is 0 Å². The van der Waals surface area contributed by atoms with Crippen LogP contribution in [-0.2, 0) is 32.1 Å². The standard InChI is InChI=1S/C14H24N2O5/c1-19-9-10-21-12-11-20-8-7-16-6-5-15(13-16)4-2-3-14(17)18/h5-6,13H,2-4,7-12H2,1H3/p+1. The molecule has 0 unspecified atom stereocenters. The number of carboxylic acid groups (broad SMARTS) is 1. The summed E-state index contributed by atoms with van der Waals surface area (Å²) in [6.45, 7) is 4.45. The Balaban J connectivity index is 2.02. The molecule has 0 aliphatic rings. The van der Waals surface area contributed by atoms with Gasteiger partial charge in [0.1, 0.15) is 18.9 Å². The summed E-state index contributed by atoms with van der Waals surface area (Å²) in [5, 5.41) is 8.58. The van der Waals surface area contributed by atoms with Gasteiger partial charge in [0.25, 0.3) is 0 Å². The van der Waals surface area contributed by atoms with Gasteiger partial charge in [0, 0.05) is 13.5 Å². The molecular weight excluding hydrogens is 276 g/mol. The number of ether oxygens (including phenoxy) is 3. The van der Waals surface area contributed by atoms with E-state index in [0.717, 1.165) is 6.54 Å². The summed E-state index contributed by atoms with van der Waals surface area (Å²) >= 11 is 0. The number of carbonyl (C=O) groups is 1. The minimum Gasteiger partial charge on any atom is -0.481 e. The molecule has 0 aliphatic carbocycles. The number of aliphatic carboxylic acids is 1. The molecule has 0 saturated carbocycles. The predicted octanol–water partition coefficient (Wildman–Crippen LogP) is 0.320. The maximum absolute atomic E-state index is 10.4. The Morgan fingerprint density at radius 2 is 1.90 bits per heavy atom. The van der Waals surface area contributed by atoms with Gasteiger partial charge in [-0.25, -0.2) is 9.13 Å². The van der Waals surface area contributed by atoms with E-state index in [2.05, 4.69) is 0 Å². The third kappa shape index (κ3) is 9.17. The highest BCUT2D eigenvalue weighted by molar-refractivity contribution is 5.66. The zero-order chi connectivity index (χ0) is 15.3. The highest BCUT2D eigenvalue weighted by atomic mass is 16.5. The Morgan fingerprint density at radius 1 is 1.19 bits per heavy atom. The molecule has 0 saturated heterocycles. The molecule has 1 aromatic heterocycles. The summed E-state index contributed by atoms with van der Waals surface area (Å²) in [5.41, 5.74) is 0. The first-order valence-electron chi connectivity index (χ1n) is 7.13. The van der Waals surface area contributed by atoms with Crippen LogP contribution in [0.1, 0.15) is 12.8 Å². The van der Waals surface area contributed by atoms with E-state index in [4.69, 9.17) is 19.3 Å². The lowest BCUT2D eigenvalue weighted by molar-refractivity contribution is -0.696.